The second-order valence-electron chi connectivity index (χ2n) is 4.89. The van der Waals surface area contributed by atoms with Gasteiger partial charge in [0.2, 0.25) is 0 Å². The zero-order chi connectivity index (χ0) is 11.0. The van der Waals surface area contributed by atoms with Crippen molar-refractivity contribution in [3.05, 3.63) is 17.0 Å². The highest BCUT2D eigenvalue weighted by Crippen LogP contribution is 2.38. The maximum absolute atomic E-state index is 5.99. The zero-order valence-electron chi connectivity index (χ0n) is 9.25. The molecule has 0 aliphatic heterocycles. The number of anilines is 1. The molecule has 2 aliphatic carbocycles. The molecular weight excluding hydrogens is 222 g/mol. The summed E-state index contributed by atoms with van der Waals surface area (Å²) in [7, 11) is 0. The van der Waals surface area contributed by atoms with Crippen molar-refractivity contribution in [2.45, 2.75) is 38.0 Å². The molecule has 0 unspecified atom stereocenters. The van der Waals surface area contributed by atoms with Crippen molar-refractivity contribution < 1.29 is 0 Å². The molecule has 0 spiro atoms. The minimum atomic E-state index is 0.558. The second-order valence-corrected chi connectivity index (χ2v) is 5.27. The summed E-state index contributed by atoms with van der Waals surface area (Å²) >= 11 is 5.99. The van der Waals surface area contributed by atoms with Gasteiger partial charge in [0.05, 0.1) is 0 Å². The number of aromatic nitrogens is 2. The predicted octanol–water partition coefficient (Wildman–Crippen LogP) is 3.22. The van der Waals surface area contributed by atoms with Gasteiger partial charge in [0.15, 0.2) is 0 Å². The molecule has 2 aliphatic rings. The van der Waals surface area contributed by atoms with Gasteiger partial charge in [-0.05, 0) is 31.6 Å². The molecular formula is C12H16ClN3. The molecule has 0 saturated heterocycles. The van der Waals surface area contributed by atoms with Crippen molar-refractivity contribution in [3.8, 4) is 0 Å². The first-order valence-corrected chi connectivity index (χ1v) is 6.47. The number of hydrogen-bond acceptors (Lipinski definition) is 3. The van der Waals surface area contributed by atoms with E-state index in [2.05, 4.69) is 15.3 Å². The topological polar surface area (TPSA) is 37.8 Å². The van der Waals surface area contributed by atoms with Gasteiger partial charge in [0.25, 0.3) is 0 Å². The molecule has 3 nitrogen and oxygen atoms in total. The minimum absolute atomic E-state index is 0.558. The molecule has 3 rings (SSSR count). The number of halogens is 1. The van der Waals surface area contributed by atoms with Crippen LogP contribution in [0.1, 0.15) is 43.8 Å². The molecule has 0 bridgehead atoms. The highest BCUT2D eigenvalue weighted by atomic mass is 35.5. The Morgan fingerprint density at radius 2 is 2.06 bits per heavy atom. The van der Waals surface area contributed by atoms with E-state index in [4.69, 9.17) is 11.6 Å². The van der Waals surface area contributed by atoms with Gasteiger partial charge in [-0.2, -0.15) is 0 Å². The zero-order valence-corrected chi connectivity index (χ0v) is 10.0. The smallest absolute Gasteiger partial charge is 0.135 e. The fraction of sp³-hybridized carbons (Fsp3) is 0.667. The Kier molecular flexibility index (Phi) is 2.72. The Labute approximate surface area is 101 Å². The number of rotatable bonds is 4. The summed E-state index contributed by atoms with van der Waals surface area (Å²) in [5.74, 6) is 3.21. The van der Waals surface area contributed by atoms with E-state index in [1.807, 2.05) is 6.07 Å². The highest BCUT2D eigenvalue weighted by Gasteiger charge is 2.27. The first kappa shape index (κ1) is 10.3. The third kappa shape index (κ3) is 2.29. The van der Waals surface area contributed by atoms with Crippen LogP contribution in [0.25, 0.3) is 0 Å². The summed E-state index contributed by atoms with van der Waals surface area (Å²) in [6.45, 7) is 1.03. The predicted molar refractivity (Wildman–Crippen MR) is 64.8 cm³/mol. The molecule has 86 valence electrons. The molecule has 16 heavy (non-hydrogen) atoms. The Bertz CT molecular complexity index is 386. The number of nitrogens with one attached hydrogen (secondary N) is 1. The molecule has 2 saturated carbocycles. The molecule has 1 aromatic rings. The van der Waals surface area contributed by atoms with Gasteiger partial charge >= 0.3 is 0 Å². The van der Waals surface area contributed by atoms with Crippen molar-refractivity contribution in [3.63, 3.8) is 0 Å². The van der Waals surface area contributed by atoms with Crippen molar-refractivity contribution in [2.24, 2.45) is 5.92 Å². The van der Waals surface area contributed by atoms with Crippen LogP contribution in [0.15, 0.2) is 6.07 Å². The van der Waals surface area contributed by atoms with E-state index >= 15 is 0 Å². The molecule has 2 fully saturated rings. The number of hydrogen-bond donors (Lipinski definition) is 1. The molecule has 1 heterocycles. The van der Waals surface area contributed by atoms with E-state index in [1.54, 1.807) is 0 Å². The van der Waals surface area contributed by atoms with E-state index in [-0.39, 0.29) is 0 Å². The van der Waals surface area contributed by atoms with Crippen molar-refractivity contribution in [2.75, 3.05) is 11.9 Å². The average Bonchev–Trinajstić information content (AvgIpc) is 2.97. The Morgan fingerprint density at radius 3 is 2.69 bits per heavy atom. The van der Waals surface area contributed by atoms with Crippen LogP contribution in [0, 0.1) is 5.92 Å². The first-order chi connectivity index (χ1) is 7.81. The SMILES string of the molecule is Clc1cc(NCC2CCC2)nc(C2CC2)n1. The van der Waals surface area contributed by atoms with Crippen LogP contribution in [0.5, 0.6) is 0 Å². The van der Waals surface area contributed by atoms with E-state index < -0.39 is 0 Å². The van der Waals surface area contributed by atoms with Crippen LogP contribution in [-0.2, 0) is 0 Å². The standard InChI is InChI=1S/C12H16ClN3/c13-10-6-11(14-7-8-2-1-3-8)16-12(15-10)9-4-5-9/h6,8-9H,1-5,7H2,(H,14,15,16). The molecule has 0 atom stereocenters. The van der Waals surface area contributed by atoms with E-state index in [0.717, 1.165) is 24.1 Å². The molecule has 0 radical (unpaired) electrons. The van der Waals surface area contributed by atoms with Gasteiger partial charge in [-0.1, -0.05) is 18.0 Å². The molecule has 4 heteroatoms. The van der Waals surface area contributed by atoms with Gasteiger partial charge in [0, 0.05) is 18.5 Å². The lowest BCUT2D eigenvalue weighted by molar-refractivity contribution is 0.333. The van der Waals surface area contributed by atoms with Gasteiger partial charge in [-0.3, -0.25) is 0 Å². The van der Waals surface area contributed by atoms with Gasteiger partial charge < -0.3 is 5.32 Å². The largest absolute Gasteiger partial charge is 0.370 e. The summed E-state index contributed by atoms with van der Waals surface area (Å²) in [5, 5.41) is 3.94. The minimum Gasteiger partial charge on any atom is -0.370 e. The van der Waals surface area contributed by atoms with Gasteiger partial charge in [-0.25, -0.2) is 9.97 Å². The summed E-state index contributed by atoms with van der Waals surface area (Å²) in [6.07, 6.45) is 6.50. The third-order valence-corrected chi connectivity index (χ3v) is 3.64. The molecule has 0 amide bonds. The van der Waals surface area contributed by atoms with E-state index in [1.165, 1.54) is 32.1 Å². The summed E-state index contributed by atoms with van der Waals surface area (Å²) in [6, 6.07) is 1.83. The fourth-order valence-corrected chi connectivity index (χ4v) is 2.19. The fourth-order valence-electron chi connectivity index (χ4n) is 2.00. The van der Waals surface area contributed by atoms with Gasteiger partial charge in [0.1, 0.15) is 16.8 Å². The van der Waals surface area contributed by atoms with Gasteiger partial charge in [-0.15, -0.1) is 0 Å². The lowest BCUT2D eigenvalue weighted by Crippen LogP contribution is -2.21. The van der Waals surface area contributed by atoms with Crippen LogP contribution >= 0.6 is 11.6 Å². The Morgan fingerprint density at radius 1 is 1.25 bits per heavy atom. The summed E-state index contributed by atoms with van der Waals surface area (Å²) in [5.41, 5.74) is 0. The summed E-state index contributed by atoms with van der Waals surface area (Å²) in [4.78, 5) is 8.79. The maximum atomic E-state index is 5.99. The lowest BCUT2D eigenvalue weighted by atomic mass is 9.85. The Balaban J connectivity index is 1.67. The molecule has 1 N–H and O–H groups in total. The van der Waals surface area contributed by atoms with Crippen LogP contribution < -0.4 is 5.32 Å². The average molecular weight is 238 g/mol. The van der Waals surface area contributed by atoms with Crippen molar-refractivity contribution in [1.29, 1.82) is 0 Å². The monoisotopic (exact) mass is 237 g/mol. The van der Waals surface area contributed by atoms with Crippen LogP contribution in [0.3, 0.4) is 0 Å². The van der Waals surface area contributed by atoms with Crippen LogP contribution in [0.2, 0.25) is 5.15 Å². The normalized spacial score (nSPS) is 20.6. The van der Waals surface area contributed by atoms with Crippen molar-refractivity contribution >= 4 is 17.4 Å². The van der Waals surface area contributed by atoms with E-state index in [0.29, 0.717) is 11.1 Å². The van der Waals surface area contributed by atoms with Crippen LogP contribution in [-0.4, -0.2) is 16.5 Å². The highest BCUT2D eigenvalue weighted by molar-refractivity contribution is 6.29. The molecule has 0 aromatic carbocycles. The third-order valence-electron chi connectivity index (χ3n) is 3.45. The maximum Gasteiger partial charge on any atom is 0.135 e. The van der Waals surface area contributed by atoms with E-state index in [9.17, 15) is 0 Å². The van der Waals surface area contributed by atoms with Crippen LogP contribution in [0.4, 0.5) is 5.82 Å². The quantitative estimate of drug-likeness (QED) is 0.818. The lowest BCUT2D eigenvalue weighted by Gasteiger charge is -2.25. The molecule has 1 aromatic heterocycles. The first-order valence-electron chi connectivity index (χ1n) is 6.09. The summed E-state index contributed by atoms with van der Waals surface area (Å²) < 4.78 is 0. The Hall–Kier alpha value is -0.830. The number of nitrogens with zero attached hydrogens (tertiary/aromatic N) is 2. The van der Waals surface area contributed by atoms with Crippen molar-refractivity contribution in [1.82, 2.24) is 9.97 Å². The second kappa shape index (κ2) is 4.21.